The predicted molar refractivity (Wildman–Crippen MR) is 75.0 cm³/mol. The minimum atomic E-state index is -0.162. The number of aromatic nitrogens is 1. The largest absolute Gasteiger partial charge is 0.395 e. The highest BCUT2D eigenvalue weighted by atomic mass is 16.5. The van der Waals surface area contributed by atoms with E-state index >= 15 is 0 Å². The van der Waals surface area contributed by atoms with Crippen LogP contribution in [0.1, 0.15) is 54.3 Å². The van der Waals surface area contributed by atoms with E-state index in [1.54, 1.807) is 6.07 Å². The molecular weight excluding hydrogens is 270 g/mol. The summed E-state index contributed by atoms with van der Waals surface area (Å²) >= 11 is 0. The second-order valence-corrected chi connectivity index (χ2v) is 6.56. The third-order valence-electron chi connectivity index (χ3n) is 4.76. The van der Waals surface area contributed by atoms with Crippen molar-refractivity contribution in [3.63, 3.8) is 0 Å². The van der Waals surface area contributed by atoms with Gasteiger partial charge in [-0.05, 0) is 32.1 Å². The van der Waals surface area contributed by atoms with Crippen molar-refractivity contribution in [2.75, 3.05) is 13.2 Å². The Kier molecular flexibility index (Phi) is 3.23. The van der Waals surface area contributed by atoms with Crippen molar-refractivity contribution in [2.24, 2.45) is 0 Å². The molecule has 1 amide bonds. The van der Waals surface area contributed by atoms with Crippen LogP contribution < -0.4 is 5.32 Å². The van der Waals surface area contributed by atoms with E-state index in [-0.39, 0.29) is 24.6 Å². The fraction of sp³-hybridized carbons (Fsp3) is 0.733. The van der Waals surface area contributed by atoms with E-state index in [2.05, 4.69) is 15.4 Å². The molecule has 21 heavy (non-hydrogen) atoms. The highest BCUT2D eigenvalue weighted by Gasteiger charge is 2.41. The monoisotopic (exact) mass is 291 g/mol. The molecule has 1 aliphatic heterocycles. The highest BCUT2D eigenvalue weighted by molar-refractivity contribution is 5.92. The highest BCUT2D eigenvalue weighted by Crippen LogP contribution is 2.40. The lowest BCUT2D eigenvalue weighted by Crippen LogP contribution is -2.38. The molecule has 2 atom stereocenters. The van der Waals surface area contributed by atoms with Gasteiger partial charge in [0.15, 0.2) is 5.69 Å². The Morgan fingerprint density at radius 3 is 2.90 bits per heavy atom. The van der Waals surface area contributed by atoms with Crippen LogP contribution >= 0.6 is 0 Å². The number of amides is 1. The molecule has 2 N–H and O–H groups in total. The van der Waals surface area contributed by atoms with Crippen LogP contribution in [0.2, 0.25) is 0 Å². The van der Waals surface area contributed by atoms with E-state index in [4.69, 9.17) is 4.52 Å². The maximum atomic E-state index is 12.2. The number of nitrogens with one attached hydrogen (secondary N) is 1. The number of carbonyl (C=O) groups is 1. The van der Waals surface area contributed by atoms with Gasteiger partial charge in [-0.3, -0.25) is 9.69 Å². The molecule has 0 bridgehead atoms. The summed E-state index contributed by atoms with van der Waals surface area (Å²) in [4.78, 5) is 14.6. The first-order valence-corrected chi connectivity index (χ1v) is 7.88. The van der Waals surface area contributed by atoms with Gasteiger partial charge in [0, 0.05) is 36.7 Å². The van der Waals surface area contributed by atoms with E-state index in [1.165, 1.54) is 12.8 Å². The Bertz CT molecular complexity index is 536. The van der Waals surface area contributed by atoms with Gasteiger partial charge in [0.2, 0.25) is 0 Å². The first kappa shape index (κ1) is 13.3. The zero-order valence-electron chi connectivity index (χ0n) is 12.0. The van der Waals surface area contributed by atoms with Crippen LogP contribution in [-0.4, -0.2) is 52.3 Å². The third kappa shape index (κ3) is 2.70. The van der Waals surface area contributed by atoms with E-state index in [0.29, 0.717) is 17.7 Å². The van der Waals surface area contributed by atoms with Gasteiger partial charge in [-0.25, -0.2) is 0 Å². The van der Waals surface area contributed by atoms with Crippen LogP contribution in [0.3, 0.4) is 0 Å². The number of aliphatic hydroxyl groups is 1. The van der Waals surface area contributed by atoms with Gasteiger partial charge in [-0.1, -0.05) is 5.16 Å². The summed E-state index contributed by atoms with van der Waals surface area (Å²) in [5, 5.41) is 16.4. The van der Waals surface area contributed by atoms with Crippen molar-refractivity contribution in [3.8, 4) is 0 Å². The van der Waals surface area contributed by atoms with Gasteiger partial charge < -0.3 is 14.9 Å². The van der Waals surface area contributed by atoms with Crippen LogP contribution in [0.25, 0.3) is 0 Å². The molecule has 3 fully saturated rings. The predicted octanol–water partition coefficient (Wildman–Crippen LogP) is 0.879. The molecule has 2 aliphatic carbocycles. The molecule has 0 aromatic carbocycles. The molecule has 2 unspecified atom stereocenters. The maximum Gasteiger partial charge on any atom is 0.273 e. The minimum Gasteiger partial charge on any atom is -0.395 e. The third-order valence-corrected chi connectivity index (χ3v) is 4.76. The summed E-state index contributed by atoms with van der Waals surface area (Å²) in [7, 11) is 0. The van der Waals surface area contributed by atoms with Crippen molar-refractivity contribution < 1.29 is 14.4 Å². The van der Waals surface area contributed by atoms with Crippen LogP contribution in [0.5, 0.6) is 0 Å². The number of rotatable bonds is 5. The molecule has 6 heteroatoms. The molecule has 0 spiro atoms. The van der Waals surface area contributed by atoms with Crippen molar-refractivity contribution in [1.82, 2.24) is 15.4 Å². The summed E-state index contributed by atoms with van der Waals surface area (Å²) < 4.78 is 5.22. The smallest absolute Gasteiger partial charge is 0.273 e. The van der Waals surface area contributed by atoms with Crippen LogP contribution in [0.15, 0.2) is 10.6 Å². The van der Waals surface area contributed by atoms with E-state index < -0.39 is 0 Å². The normalized spacial score (nSPS) is 29.8. The number of aliphatic hydroxyl groups excluding tert-OH is 1. The maximum absolute atomic E-state index is 12.2. The molecule has 1 aromatic heterocycles. The second kappa shape index (κ2) is 5.10. The Labute approximate surface area is 123 Å². The molecule has 0 radical (unpaired) electrons. The number of likely N-dealkylation sites (tertiary alicyclic amines) is 1. The Morgan fingerprint density at radius 1 is 1.43 bits per heavy atom. The average Bonchev–Trinajstić information content (AvgIpc) is 3.42. The quantitative estimate of drug-likeness (QED) is 0.842. The van der Waals surface area contributed by atoms with Crippen molar-refractivity contribution >= 4 is 5.91 Å². The standard InChI is InChI=1S/C15H21N3O3/c19-8-12-5-10(7-18(12)11-3-4-11)16-15(20)13-6-14(21-17-13)9-1-2-9/h6,9-12,19H,1-5,7-8H2,(H,16,20). The molecule has 6 nitrogen and oxygen atoms in total. The lowest BCUT2D eigenvalue weighted by Gasteiger charge is -2.21. The summed E-state index contributed by atoms with van der Waals surface area (Å²) in [6.45, 7) is 0.994. The van der Waals surface area contributed by atoms with Crippen molar-refractivity contribution in [2.45, 2.75) is 56.1 Å². The molecule has 1 aromatic rings. The molecular formula is C15H21N3O3. The van der Waals surface area contributed by atoms with Gasteiger partial charge >= 0.3 is 0 Å². The molecule has 4 rings (SSSR count). The topological polar surface area (TPSA) is 78.6 Å². The van der Waals surface area contributed by atoms with E-state index in [0.717, 1.165) is 31.6 Å². The lowest BCUT2D eigenvalue weighted by molar-refractivity contribution is 0.0928. The van der Waals surface area contributed by atoms with Gasteiger partial charge in [0.05, 0.1) is 6.61 Å². The number of carbonyl (C=O) groups excluding carboxylic acids is 1. The van der Waals surface area contributed by atoms with E-state index in [9.17, 15) is 9.90 Å². The molecule has 1 saturated heterocycles. The van der Waals surface area contributed by atoms with Gasteiger partial charge in [0.25, 0.3) is 5.91 Å². The first-order valence-electron chi connectivity index (χ1n) is 7.88. The number of hydrogen-bond acceptors (Lipinski definition) is 5. The summed E-state index contributed by atoms with van der Waals surface area (Å²) in [6.07, 6.45) is 5.50. The van der Waals surface area contributed by atoms with Gasteiger partial charge in [-0.15, -0.1) is 0 Å². The summed E-state index contributed by atoms with van der Waals surface area (Å²) in [5.41, 5.74) is 0.377. The fourth-order valence-corrected chi connectivity index (χ4v) is 3.30. The van der Waals surface area contributed by atoms with Crippen molar-refractivity contribution in [3.05, 3.63) is 17.5 Å². The zero-order chi connectivity index (χ0) is 14.4. The SMILES string of the molecule is O=C(NC1CC(CO)N(C2CC2)C1)c1cc(C2CC2)on1. The zero-order valence-corrected chi connectivity index (χ0v) is 12.0. The Hall–Kier alpha value is -1.40. The summed E-state index contributed by atoms with van der Waals surface area (Å²) in [6, 6.07) is 2.65. The Balaban J connectivity index is 1.37. The van der Waals surface area contributed by atoms with Crippen LogP contribution in [-0.2, 0) is 0 Å². The van der Waals surface area contributed by atoms with Crippen LogP contribution in [0, 0.1) is 0 Å². The van der Waals surface area contributed by atoms with E-state index in [1.807, 2.05) is 0 Å². The number of hydrogen-bond donors (Lipinski definition) is 2. The first-order chi connectivity index (χ1) is 10.2. The second-order valence-electron chi connectivity index (χ2n) is 6.56. The number of nitrogens with zero attached hydrogens (tertiary/aromatic N) is 2. The molecule has 3 aliphatic rings. The molecule has 2 heterocycles. The van der Waals surface area contributed by atoms with Gasteiger partial charge in [-0.2, -0.15) is 0 Å². The minimum absolute atomic E-state index is 0.0938. The lowest BCUT2D eigenvalue weighted by atomic mass is 10.1. The van der Waals surface area contributed by atoms with Crippen molar-refractivity contribution in [1.29, 1.82) is 0 Å². The Morgan fingerprint density at radius 2 is 2.24 bits per heavy atom. The average molecular weight is 291 g/mol. The molecule has 114 valence electrons. The van der Waals surface area contributed by atoms with Gasteiger partial charge in [0.1, 0.15) is 5.76 Å². The fourth-order valence-electron chi connectivity index (χ4n) is 3.30. The molecule has 2 saturated carbocycles. The van der Waals surface area contributed by atoms with Crippen LogP contribution in [0.4, 0.5) is 0 Å². The summed E-state index contributed by atoms with van der Waals surface area (Å²) in [5.74, 6) is 1.14.